The summed E-state index contributed by atoms with van der Waals surface area (Å²) in [5.41, 5.74) is 2.68. The number of amides is 1. The number of rotatable bonds is 6. The van der Waals surface area contributed by atoms with Crippen molar-refractivity contribution >= 4 is 16.7 Å². The topological polar surface area (TPSA) is 72.2 Å². The molecular weight excluding hydrogens is 336 g/mol. The normalized spacial score (nSPS) is 16.1. The van der Waals surface area contributed by atoms with Crippen LogP contribution >= 0.6 is 0 Å². The van der Waals surface area contributed by atoms with Gasteiger partial charge in [0.2, 0.25) is 11.8 Å². The van der Waals surface area contributed by atoms with Crippen LogP contribution in [0.5, 0.6) is 0 Å². The summed E-state index contributed by atoms with van der Waals surface area (Å²) < 4.78 is 18.0. The summed E-state index contributed by atoms with van der Waals surface area (Å²) in [7, 11) is -1.29. The number of carbonyl (C=O) groups is 1. The van der Waals surface area contributed by atoms with Gasteiger partial charge in [0.25, 0.3) is 0 Å². The molecule has 1 aliphatic rings. The minimum Gasteiger partial charge on any atom is -0.441 e. The Morgan fingerprint density at radius 1 is 1.32 bits per heavy atom. The zero-order chi connectivity index (χ0) is 17.8. The summed E-state index contributed by atoms with van der Waals surface area (Å²) in [5.74, 6) is 1.30. The molecule has 1 amide bonds. The Morgan fingerprint density at radius 2 is 2.08 bits per heavy atom. The van der Waals surface area contributed by atoms with E-state index in [2.05, 4.69) is 10.3 Å². The minimum absolute atomic E-state index is 0.0164. The maximum absolute atomic E-state index is 12.3. The quantitative estimate of drug-likeness (QED) is 0.858. The van der Waals surface area contributed by atoms with Crippen molar-refractivity contribution in [3.63, 3.8) is 0 Å². The predicted octanol–water partition coefficient (Wildman–Crippen LogP) is 3.27. The van der Waals surface area contributed by atoms with Gasteiger partial charge >= 0.3 is 0 Å². The average Bonchev–Trinajstić information content (AvgIpc) is 3.17. The summed E-state index contributed by atoms with van der Waals surface area (Å²) in [5, 5.41) is 2.97. The SMILES string of the molecule is Cc1cccc(-c2nc(C[S@](=O)CC(=O)NC3CCCC3)c(C)o2)c1. The van der Waals surface area contributed by atoms with Crippen LogP contribution in [0.4, 0.5) is 0 Å². The fraction of sp³-hybridized carbons (Fsp3) is 0.474. The first-order chi connectivity index (χ1) is 12.0. The maximum Gasteiger partial charge on any atom is 0.232 e. The van der Waals surface area contributed by atoms with Crippen molar-refractivity contribution in [1.82, 2.24) is 10.3 Å². The lowest BCUT2D eigenvalue weighted by Crippen LogP contribution is -2.35. The number of hydrogen-bond donors (Lipinski definition) is 1. The molecule has 0 bridgehead atoms. The Labute approximate surface area is 150 Å². The largest absolute Gasteiger partial charge is 0.441 e. The van der Waals surface area contributed by atoms with Gasteiger partial charge in [-0.3, -0.25) is 9.00 Å². The zero-order valence-corrected chi connectivity index (χ0v) is 15.5. The van der Waals surface area contributed by atoms with Gasteiger partial charge in [-0.15, -0.1) is 0 Å². The third-order valence-electron chi connectivity index (χ3n) is 4.47. The van der Waals surface area contributed by atoms with Crippen molar-refractivity contribution in [3.05, 3.63) is 41.3 Å². The van der Waals surface area contributed by atoms with Gasteiger partial charge in [0.05, 0.1) is 11.4 Å². The molecule has 1 fully saturated rings. The molecule has 6 heteroatoms. The Balaban J connectivity index is 1.60. The fourth-order valence-corrected chi connectivity index (χ4v) is 4.20. The summed E-state index contributed by atoms with van der Waals surface area (Å²) >= 11 is 0. The molecule has 0 saturated heterocycles. The Morgan fingerprint density at radius 3 is 2.80 bits per heavy atom. The molecule has 3 rings (SSSR count). The molecule has 1 atom stereocenters. The van der Waals surface area contributed by atoms with Crippen LogP contribution in [0.25, 0.3) is 11.5 Å². The molecule has 5 nitrogen and oxygen atoms in total. The second-order valence-corrected chi connectivity index (χ2v) is 8.13. The fourth-order valence-electron chi connectivity index (χ4n) is 3.15. The molecular formula is C19H24N2O3S. The van der Waals surface area contributed by atoms with E-state index < -0.39 is 10.8 Å². The number of hydrogen-bond acceptors (Lipinski definition) is 4. The molecule has 1 saturated carbocycles. The first kappa shape index (κ1) is 17.9. The van der Waals surface area contributed by atoms with E-state index >= 15 is 0 Å². The van der Waals surface area contributed by atoms with Crippen molar-refractivity contribution in [3.8, 4) is 11.5 Å². The van der Waals surface area contributed by atoms with E-state index in [0.717, 1.165) is 36.8 Å². The van der Waals surface area contributed by atoms with Crippen molar-refractivity contribution in [1.29, 1.82) is 0 Å². The van der Waals surface area contributed by atoms with E-state index in [1.54, 1.807) is 0 Å². The highest BCUT2D eigenvalue weighted by atomic mass is 32.2. The highest BCUT2D eigenvalue weighted by Crippen LogP contribution is 2.23. The molecule has 2 aromatic rings. The zero-order valence-electron chi connectivity index (χ0n) is 14.7. The van der Waals surface area contributed by atoms with Gasteiger partial charge in [0, 0.05) is 22.4 Å². The monoisotopic (exact) mass is 360 g/mol. The molecule has 1 aliphatic carbocycles. The van der Waals surface area contributed by atoms with Crippen LogP contribution in [0.3, 0.4) is 0 Å². The van der Waals surface area contributed by atoms with Crippen molar-refractivity contribution in [2.45, 2.75) is 51.3 Å². The minimum atomic E-state index is -1.29. The standard InChI is InChI=1S/C19H24N2O3S/c1-13-6-5-7-15(10-13)19-21-17(14(2)24-19)11-25(23)12-18(22)20-16-8-3-4-9-16/h5-7,10,16H,3-4,8-9,11-12H2,1-2H3,(H,20,22)/t25-/m0/s1. The second kappa shape index (κ2) is 7.95. The molecule has 1 N–H and O–H groups in total. The Kier molecular flexibility index (Phi) is 5.68. The van der Waals surface area contributed by atoms with Gasteiger partial charge in [-0.1, -0.05) is 30.5 Å². The Bertz CT molecular complexity index is 779. The number of aryl methyl sites for hydroxylation is 2. The van der Waals surface area contributed by atoms with Gasteiger partial charge in [0.1, 0.15) is 11.5 Å². The Hall–Kier alpha value is -1.95. The van der Waals surface area contributed by atoms with Crippen LogP contribution in [0.2, 0.25) is 0 Å². The number of nitrogens with zero attached hydrogens (tertiary/aromatic N) is 1. The third-order valence-corrected chi connectivity index (χ3v) is 5.65. The lowest BCUT2D eigenvalue weighted by Gasteiger charge is -2.11. The van der Waals surface area contributed by atoms with Gasteiger partial charge in [-0.25, -0.2) is 4.98 Å². The van der Waals surface area contributed by atoms with E-state index in [1.807, 2.05) is 38.1 Å². The predicted molar refractivity (Wildman–Crippen MR) is 98.5 cm³/mol. The molecule has 1 aromatic heterocycles. The third kappa shape index (κ3) is 4.78. The number of oxazole rings is 1. The van der Waals surface area contributed by atoms with Gasteiger partial charge in [-0.2, -0.15) is 0 Å². The highest BCUT2D eigenvalue weighted by Gasteiger charge is 2.20. The number of aromatic nitrogens is 1. The average molecular weight is 360 g/mol. The lowest BCUT2D eigenvalue weighted by molar-refractivity contribution is -0.119. The molecule has 134 valence electrons. The molecule has 0 unspecified atom stereocenters. The number of carbonyl (C=O) groups excluding carboxylic acids is 1. The van der Waals surface area contributed by atoms with Crippen LogP contribution in [-0.2, 0) is 21.3 Å². The van der Waals surface area contributed by atoms with E-state index in [9.17, 15) is 9.00 Å². The van der Waals surface area contributed by atoms with E-state index in [1.165, 1.54) is 0 Å². The molecule has 1 aromatic carbocycles. The smallest absolute Gasteiger partial charge is 0.232 e. The van der Waals surface area contributed by atoms with E-state index in [0.29, 0.717) is 17.3 Å². The van der Waals surface area contributed by atoms with Gasteiger partial charge < -0.3 is 9.73 Å². The van der Waals surface area contributed by atoms with Crippen LogP contribution in [-0.4, -0.2) is 26.9 Å². The summed E-state index contributed by atoms with van der Waals surface area (Å²) in [6, 6.07) is 8.16. The maximum atomic E-state index is 12.3. The van der Waals surface area contributed by atoms with Gasteiger partial charge in [0.15, 0.2) is 0 Å². The molecule has 0 spiro atoms. The summed E-state index contributed by atoms with van der Waals surface area (Å²) in [6.45, 7) is 3.83. The van der Waals surface area contributed by atoms with Crippen LogP contribution < -0.4 is 5.32 Å². The highest BCUT2D eigenvalue weighted by molar-refractivity contribution is 7.84. The molecule has 25 heavy (non-hydrogen) atoms. The number of benzene rings is 1. The summed E-state index contributed by atoms with van der Waals surface area (Å²) in [6.07, 6.45) is 4.38. The van der Waals surface area contributed by atoms with E-state index in [-0.39, 0.29) is 23.5 Å². The first-order valence-corrected chi connectivity index (χ1v) is 10.2. The van der Waals surface area contributed by atoms with Crippen molar-refractivity contribution in [2.24, 2.45) is 0 Å². The number of nitrogens with one attached hydrogen (secondary N) is 1. The molecule has 0 aliphatic heterocycles. The first-order valence-electron chi connectivity index (χ1n) is 8.69. The van der Waals surface area contributed by atoms with Crippen LogP contribution in [0.1, 0.15) is 42.7 Å². The van der Waals surface area contributed by atoms with Crippen LogP contribution in [0.15, 0.2) is 28.7 Å². The lowest BCUT2D eigenvalue weighted by atomic mass is 10.1. The summed E-state index contributed by atoms with van der Waals surface area (Å²) in [4.78, 5) is 16.5. The van der Waals surface area contributed by atoms with Crippen molar-refractivity contribution in [2.75, 3.05) is 5.75 Å². The van der Waals surface area contributed by atoms with Gasteiger partial charge in [-0.05, 0) is 38.8 Å². The van der Waals surface area contributed by atoms with Crippen LogP contribution in [0, 0.1) is 13.8 Å². The van der Waals surface area contributed by atoms with Crippen molar-refractivity contribution < 1.29 is 13.4 Å². The van der Waals surface area contributed by atoms with E-state index in [4.69, 9.17) is 4.42 Å². The molecule has 1 heterocycles. The second-order valence-electron chi connectivity index (χ2n) is 6.67. The molecule has 0 radical (unpaired) electrons.